The number of carbonyl (C=O) groups excluding carboxylic acids is 3. The lowest BCUT2D eigenvalue weighted by Crippen LogP contribution is -2.47. The quantitative estimate of drug-likeness (QED) is 0.540. The minimum Gasteiger partial charge on any atom is -0.495 e. The van der Waals surface area contributed by atoms with Gasteiger partial charge >= 0.3 is 0 Å². The number of methoxy groups -OCH3 is 1. The number of benzene rings is 2. The summed E-state index contributed by atoms with van der Waals surface area (Å²) < 4.78 is 5.26. The van der Waals surface area contributed by atoms with Crippen molar-refractivity contribution in [3.05, 3.63) is 54.1 Å². The van der Waals surface area contributed by atoms with Crippen molar-refractivity contribution in [1.29, 1.82) is 0 Å². The third-order valence-corrected chi connectivity index (χ3v) is 6.05. The molecule has 176 valence electrons. The highest BCUT2D eigenvalue weighted by Gasteiger charge is 2.27. The van der Waals surface area contributed by atoms with E-state index in [1.165, 1.54) is 0 Å². The first-order valence-electron chi connectivity index (χ1n) is 11.2. The van der Waals surface area contributed by atoms with Crippen molar-refractivity contribution in [2.45, 2.75) is 38.6 Å². The SMILES string of the molecule is COc1ccccc1NC(=O)c1ccc(NC(=O)C(C)N2CCCC(CCC(N)=O)C2)cc1. The van der Waals surface area contributed by atoms with Crippen molar-refractivity contribution >= 4 is 29.1 Å². The number of hydrogen-bond donors (Lipinski definition) is 3. The number of para-hydroxylation sites is 2. The third-order valence-electron chi connectivity index (χ3n) is 6.05. The molecule has 1 heterocycles. The molecule has 2 aromatic rings. The number of nitrogens with two attached hydrogens (primary N) is 1. The number of rotatable bonds is 9. The number of nitrogens with one attached hydrogen (secondary N) is 2. The summed E-state index contributed by atoms with van der Waals surface area (Å²) in [7, 11) is 1.55. The van der Waals surface area contributed by atoms with Gasteiger partial charge in [0.2, 0.25) is 11.8 Å². The molecule has 0 radical (unpaired) electrons. The predicted octanol–water partition coefficient (Wildman–Crippen LogP) is 3.25. The number of primary amides is 1. The average Bonchev–Trinajstić information content (AvgIpc) is 2.83. The number of ether oxygens (including phenoxy) is 1. The molecule has 8 nitrogen and oxygen atoms in total. The maximum Gasteiger partial charge on any atom is 0.255 e. The number of carbonyl (C=O) groups is 3. The van der Waals surface area contributed by atoms with Gasteiger partial charge in [0.15, 0.2) is 0 Å². The van der Waals surface area contributed by atoms with Crippen LogP contribution in [0.4, 0.5) is 11.4 Å². The van der Waals surface area contributed by atoms with Gasteiger partial charge in [-0.25, -0.2) is 0 Å². The topological polar surface area (TPSA) is 114 Å². The van der Waals surface area contributed by atoms with Crippen LogP contribution in [0.3, 0.4) is 0 Å². The van der Waals surface area contributed by atoms with Crippen LogP contribution in [-0.4, -0.2) is 48.9 Å². The van der Waals surface area contributed by atoms with Crippen molar-refractivity contribution in [3.8, 4) is 5.75 Å². The largest absolute Gasteiger partial charge is 0.495 e. The summed E-state index contributed by atoms with van der Waals surface area (Å²) in [5.41, 5.74) is 6.96. The maximum atomic E-state index is 12.8. The van der Waals surface area contributed by atoms with Crippen molar-refractivity contribution < 1.29 is 19.1 Å². The molecule has 1 aliphatic rings. The van der Waals surface area contributed by atoms with Gasteiger partial charge in [-0.1, -0.05) is 12.1 Å². The molecule has 0 aliphatic carbocycles. The second-order valence-electron chi connectivity index (χ2n) is 8.41. The Kier molecular flexibility index (Phi) is 8.43. The summed E-state index contributed by atoms with van der Waals surface area (Å²) in [6, 6.07) is 13.7. The Bertz CT molecular complexity index is 977. The van der Waals surface area contributed by atoms with E-state index in [9.17, 15) is 14.4 Å². The Labute approximate surface area is 194 Å². The Morgan fingerprint density at radius 2 is 1.85 bits per heavy atom. The van der Waals surface area contributed by atoms with Gasteiger partial charge in [-0.3, -0.25) is 19.3 Å². The fourth-order valence-corrected chi connectivity index (χ4v) is 4.09. The Morgan fingerprint density at radius 1 is 1.12 bits per heavy atom. The molecule has 2 unspecified atom stereocenters. The van der Waals surface area contributed by atoms with Crippen molar-refractivity contribution in [3.63, 3.8) is 0 Å². The minimum absolute atomic E-state index is 0.100. The molecule has 0 aromatic heterocycles. The van der Waals surface area contributed by atoms with Crippen LogP contribution < -0.4 is 21.1 Å². The van der Waals surface area contributed by atoms with E-state index >= 15 is 0 Å². The van der Waals surface area contributed by atoms with Gasteiger partial charge in [0, 0.05) is 24.2 Å². The summed E-state index contributed by atoms with van der Waals surface area (Å²) in [5.74, 6) is 0.316. The van der Waals surface area contributed by atoms with E-state index in [1.807, 2.05) is 19.1 Å². The van der Waals surface area contributed by atoms with Crippen molar-refractivity contribution in [2.24, 2.45) is 11.7 Å². The van der Waals surface area contributed by atoms with Gasteiger partial charge in [0.05, 0.1) is 18.8 Å². The minimum atomic E-state index is -0.296. The summed E-state index contributed by atoms with van der Waals surface area (Å²) in [6.07, 6.45) is 3.20. The van der Waals surface area contributed by atoms with Crippen LogP contribution in [0, 0.1) is 5.92 Å². The lowest BCUT2D eigenvalue weighted by molar-refractivity contribution is -0.122. The standard InChI is InChI=1S/C25H32N4O4/c1-17(29-15-5-6-18(16-29)9-14-23(26)30)24(31)27-20-12-10-19(11-13-20)25(32)28-21-7-3-4-8-22(21)33-2/h3-4,7-8,10-13,17-18H,5-6,9,14-16H2,1-2H3,(H2,26,30)(H,27,31)(H,28,32). The number of hydrogen-bond acceptors (Lipinski definition) is 5. The molecule has 0 bridgehead atoms. The highest BCUT2D eigenvalue weighted by molar-refractivity contribution is 6.05. The van der Waals surface area contributed by atoms with Crippen LogP contribution >= 0.6 is 0 Å². The van der Waals surface area contributed by atoms with Gasteiger partial charge in [0.1, 0.15) is 5.75 Å². The van der Waals surface area contributed by atoms with E-state index in [0.717, 1.165) is 32.4 Å². The first-order chi connectivity index (χ1) is 15.9. The third kappa shape index (κ3) is 6.79. The van der Waals surface area contributed by atoms with Crippen LogP contribution in [0.15, 0.2) is 48.5 Å². The summed E-state index contributed by atoms with van der Waals surface area (Å²) in [5, 5.41) is 5.77. The summed E-state index contributed by atoms with van der Waals surface area (Å²) in [6.45, 7) is 3.52. The average molecular weight is 453 g/mol. The molecule has 4 N–H and O–H groups in total. The first-order valence-corrected chi connectivity index (χ1v) is 11.2. The van der Waals surface area contributed by atoms with Crippen LogP contribution in [0.2, 0.25) is 0 Å². The second-order valence-corrected chi connectivity index (χ2v) is 8.41. The second kappa shape index (κ2) is 11.5. The monoisotopic (exact) mass is 452 g/mol. The van der Waals surface area contributed by atoms with Gasteiger partial charge < -0.3 is 21.1 Å². The van der Waals surface area contributed by atoms with E-state index < -0.39 is 0 Å². The molecule has 8 heteroatoms. The van der Waals surface area contributed by atoms with Crippen LogP contribution in [-0.2, 0) is 9.59 Å². The van der Waals surface area contributed by atoms with Crippen LogP contribution in [0.5, 0.6) is 5.75 Å². The number of anilines is 2. The lowest BCUT2D eigenvalue weighted by Gasteiger charge is -2.36. The molecular weight excluding hydrogens is 420 g/mol. The smallest absolute Gasteiger partial charge is 0.255 e. The van der Waals surface area contributed by atoms with E-state index in [1.54, 1.807) is 43.5 Å². The van der Waals surface area contributed by atoms with Gasteiger partial charge in [-0.05, 0) is 75.0 Å². The molecule has 2 atom stereocenters. The van der Waals surface area contributed by atoms with Gasteiger partial charge in [0.25, 0.3) is 5.91 Å². The van der Waals surface area contributed by atoms with E-state index in [-0.39, 0.29) is 23.8 Å². The predicted molar refractivity (Wildman–Crippen MR) is 128 cm³/mol. The molecule has 1 fully saturated rings. The fourth-order valence-electron chi connectivity index (χ4n) is 4.09. The highest BCUT2D eigenvalue weighted by atomic mass is 16.5. The van der Waals surface area contributed by atoms with Crippen LogP contribution in [0.1, 0.15) is 43.0 Å². The van der Waals surface area contributed by atoms with Crippen molar-refractivity contribution in [1.82, 2.24) is 4.90 Å². The van der Waals surface area contributed by atoms with E-state index in [4.69, 9.17) is 10.5 Å². The first kappa shape index (κ1) is 24.3. The molecule has 0 saturated carbocycles. The normalized spacial score (nSPS) is 17.1. The molecule has 2 aromatic carbocycles. The van der Waals surface area contributed by atoms with E-state index in [0.29, 0.717) is 35.0 Å². The van der Waals surface area contributed by atoms with Gasteiger partial charge in [-0.2, -0.15) is 0 Å². The molecule has 1 saturated heterocycles. The number of nitrogens with zero attached hydrogens (tertiary/aromatic N) is 1. The Morgan fingerprint density at radius 3 is 2.55 bits per heavy atom. The fraction of sp³-hybridized carbons (Fsp3) is 0.400. The van der Waals surface area contributed by atoms with Crippen molar-refractivity contribution in [2.75, 3.05) is 30.8 Å². The Balaban J connectivity index is 1.55. The number of likely N-dealkylation sites (tertiary alicyclic amines) is 1. The number of piperidine rings is 1. The Hall–Kier alpha value is -3.39. The highest BCUT2D eigenvalue weighted by Crippen LogP contribution is 2.25. The summed E-state index contributed by atoms with van der Waals surface area (Å²) >= 11 is 0. The zero-order valence-corrected chi connectivity index (χ0v) is 19.2. The van der Waals surface area contributed by atoms with Gasteiger partial charge in [-0.15, -0.1) is 0 Å². The zero-order chi connectivity index (χ0) is 23.8. The van der Waals surface area contributed by atoms with Crippen LogP contribution in [0.25, 0.3) is 0 Å². The molecule has 3 amide bonds. The number of amides is 3. The molecule has 3 rings (SSSR count). The molecule has 1 aliphatic heterocycles. The lowest BCUT2D eigenvalue weighted by atomic mass is 9.92. The maximum absolute atomic E-state index is 12.8. The molecule has 0 spiro atoms. The molecular formula is C25H32N4O4. The van der Waals surface area contributed by atoms with E-state index in [2.05, 4.69) is 15.5 Å². The zero-order valence-electron chi connectivity index (χ0n) is 19.2. The summed E-state index contributed by atoms with van der Waals surface area (Å²) in [4.78, 5) is 38.6. The molecule has 33 heavy (non-hydrogen) atoms.